The van der Waals surface area contributed by atoms with E-state index in [0.717, 1.165) is 12.2 Å². The molecule has 0 aromatic heterocycles. The normalized spacial score (nSPS) is 19.7. The largest absolute Gasteiger partial charge is 0.384 e. The molecule has 0 aromatic carbocycles. The van der Waals surface area contributed by atoms with Crippen LogP contribution < -0.4 is 5.32 Å². The van der Waals surface area contributed by atoms with Crippen molar-refractivity contribution < 1.29 is 0 Å². The fourth-order valence-electron chi connectivity index (χ4n) is 1.66. The van der Waals surface area contributed by atoms with Crippen LogP contribution in [0.4, 0.5) is 0 Å². The van der Waals surface area contributed by atoms with Gasteiger partial charge in [0.25, 0.3) is 0 Å². The van der Waals surface area contributed by atoms with Crippen LogP contribution in [0.2, 0.25) is 0 Å². The first-order valence-electron chi connectivity index (χ1n) is 6.28. The smallest absolute Gasteiger partial charge is 0.0337 e. The van der Waals surface area contributed by atoms with Gasteiger partial charge in [0, 0.05) is 29.8 Å². The molecular formula is C15H24N2. The van der Waals surface area contributed by atoms with Gasteiger partial charge in [-0.3, -0.25) is 0 Å². The summed E-state index contributed by atoms with van der Waals surface area (Å²) in [6, 6.07) is 0. The molecule has 2 heteroatoms. The molecule has 1 aliphatic rings. The molecule has 0 radical (unpaired) electrons. The van der Waals surface area contributed by atoms with E-state index in [1.807, 2.05) is 0 Å². The fraction of sp³-hybridized carbons (Fsp3) is 0.533. The van der Waals surface area contributed by atoms with Gasteiger partial charge in [0.1, 0.15) is 0 Å². The lowest BCUT2D eigenvalue weighted by atomic mass is 9.93. The van der Waals surface area contributed by atoms with Crippen molar-refractivity contribution in [1.82, 2.24) is 5.32 Å². The van der Waals surface area contributed by atoms with Crippen molar-refractivity contribution in [2.75, 3.05) is 6.54 Å². The fourth-order valence-corrected chi connectivity index (χ4v) is 1.66. The van der Waals surface area contributed by atoms with Crippen LogP contribution in [0.5, 0.6) is 0 Å². The van der Waals surface area contributed by atoms with E-state index in [1.165, 1.54) is 0 Å². The summed E-state index contributed by atoms with van der Waals surface area (Å²) in [6.45, 7) is 9.50. The average Bonchev–Trinajstić information content (AvgIpc) is 2.40. The monoisotopic (exact) mass is 232 g/mol. The number of allylic oxidation sites excluding steroid dienone is 5. The summed E-state index contributed by atoms with van der Waals surface area (Å²) in [6.07, 6.45) is 12.2. The molecule has 0 amide bonds. The SMILES string of the molecule is CC(C)C(C=N)CNC1=CC=CC(C)(C)C=C1. The molecule has 2 N–H and O–H groups in total. The molecule has 0 aliphatic heterocycles. The molecule has 1 aliphatic carbocycles. The highest BCUT2D eigenvalue weighted by atomic mass is 14.9. The Labute approximate surface area is 105 Å². The van der Waals surface area contributed by atoms with Crippen LogP contribution in [0.3, 0.4) is 0 Å². The minimum atomic E-state index is 0.124. The Morgan fingerprint density at radius 1 is 1.35 bits per heavy atom. The van der Waals surface area contributed by atoms with Gasteiger partial charge < -0.3 is 10.7 Å². The summed E-state index contributed by atoms with van der Waals surface area (Å²) >= 11 is 0. The Morgan fingerprint density at radius 2 is 2.06 bits per heavy atom. The standard InChI is InChI=1S/C15H24N2/c1-12(2)13(10-16)11-17-14-6-5-8-15(3,4)9-7-14/h5-10,12-13,16-17H,11H2,1-4H3. The lowest BCUT2D eigenvalue weighted by molar-refractivity contribution is 0.483. The maximum atomic E-state index is 7.40. The van der Waals surface area contributed by atoms with Gasteiger partial charge in [-0.15, -0.1) is 0 Å². The summed E-state index contributed by atoms with van der Waals surface area (Å²) in [5.74, 6) is 0.798. The molecule has 0 fully saturated rings. The Balaban J connectivity index is 2.56. The second kappa shape index (κ2) is 5.85. The van der Waals surface area contributed by atoms with Crippen molar-refractivity contribution in [3.8, 4) is 0 Å². The summed E-state index contributed by atoms with van der Waals surface area (Å²) in [5.41, 5.74) is 1.25. The van der Waals surface area contributed by atoms with Crippen molar-refractivity contribution in [3.63, 3.8) is 0 Å². The minimum absolute atomic E-state index is 0.124. The van der Waals surface area contributed by atoms with E-state index in [2.05, 4.69) is 63.4 Å². The van der Waals surface area contributed by atoms with E-state index in [1.54, 1.807) is 6.21 Å². The highest BCUT2D eigenvalue weighted by Crippen LogP contribution is 2.22. The third kappa shape index (κ3) is 4.59. The van der Waals surface area contributed by atoms with E-state index < -0.39 is 0 Å². The third-order valence-corrected chi connectivity index (χ3v) is 3.11. The first kappa shape index (κ1) is 13.8. The number of rotatable bonds is 5. The van der Waals surface area contributed by atoms with E-state index in [-0.39, 0.29) is 5.41 Å². The highest BCUT2D eigenvalue weighted by Gasteiger charge is 2.12. The predicted octanol–water partition coefficient (Wildman–Crippen LogP) is 3.53. The summed E-state index contributed by atoms with van der Waals surface area (Å²) in [7, 11) is 0. The van der Waals surface area contributed by atoms with Gasteiger partial charge in [-0.1, -0.05) is 45.9 Å². The maximum absolute atomic E-state index is 7.40. The molecule has 94 valence electrons. The number of hydrogen-bond acceptors (Lipinski definition) is 2. The van der Waals surface area contributed by atoms with Crippen LogP contribution in [-0.4, -0.2) is 12.8 Å². The summed E-state index contributed by atoms with van der Waals surface area (Å²) in [5, 5.41) is 10.8. The molecule has 0 saturated heterocycles. The van der Waals surface area contributed by atoms with Gasteiger partial charge in [-0.05, 0) is 18.1 Å². The van der Waals surface area contributed by atoms with Crippen molar-refractivity contribution >= 4 is 6.21 Å². The van der Waals surface area contributed by atoms with Gasteiger partial charge in [0.2, 0.25) is 0 Å². The minimum Gasteiger partial charge on any atom is -0.384 e. The molecule has 0 saturated carbocycles. The van der Waals surface area contributed by atoms with Crippen molar-refractivity contribution in [2.24, 2.45) is 17.3 Å². The van der Waals surface area contributed by atoms with Crippen molar-refractivity contribution in [3.05, 3.63) is 36.1 Å². The third-order valence-electron chi connectivity index (χ3n) is 3.11. The van der Waals surface area contributed by atoms with E-state index >= 15 is 0 Å². The van der Waals surface area contributed by atoms with Gasteiger partial charge in [-0.2, -0.15) is 0 Å². The molecule has 17 heavy (non-hydrogen) atoms. The van der Waals surface area contributed by atoms with Crippen LogP contribution >= 0.6 is 0 Å². The highest BCUT2D eigenvalue weighted by molar-refractivity contribution is 5.57. The Morgan fingerprint density at radius 3 is 2.65 bits per heavy atom. The molecular weight excluding hydrogens is 208 g/mol. The van der Waals surface area contributed by atoms with Crippen LogP contribution in [0, 0.1) is 22.7 Å². The molecule has 1 unspecified atom stereocenters. The van der Waals surface area contributed by atoms with Crippen LogP contribution in [0.25, 0.3) is 0 Å². The zero-order chi connectivity index (χ0) is 12.9. The molecule has 1 rings (SSSR count). The molecule has 0 heterocycles. The topological polar surface area (TPSA) is 35.9 Å². The van der Waals surface area contributed by atoms with Gasteiger partial charge in [0.05, 0.1) is 0 Å². The molecule has 0 spiro atoms. The van der Waals surface area contributed by atoms with Gasteiger partial charge in [0.15, 0.2) is 0 Å². The lowest BCUT2D eigenvalue weighted by Gasteiger charge is -2.17. The zero-order valence-corrected chi connectivity index (χ0v) is 11.3. The van der Waals surface area contributed by atoms with Crippen molar-refractivity contribution in [1.29, 1.82) is 5.41 Å². The first-order valence-corrected chi connectivity index (χ1v) is 6.28. The Hall–Kier alpha value is -1.31. The second-order valence-electron chi connectivity index (χ2n) is 5.59. The van der Waals surface area contributed by atoms with E-state index in [0.29, 0.717) is 11.8 Å². The number of hydrogen-bond donors (Lipinski definition) is 2. The summed E-state index contributed by atoms with van der Waals surface area (Å²) < 4.78 is 0. The number of nitrogens with one attached hydrogen (secondary N) is 2. The average molecular weight is 232 g/mol. The maximum Gasteiger partial charge on any atom is 0.0337 e. The van der Waals surface area contributed by atoms with Crippen LogP contribution in [0.1, 0.15) is 27.7 Å². The Bertz CT molecular complexity index is 346. The lowest BCUT2D eigenvalue weighted by Crippen LogP contribution is -2.26. The first-order chi connectivity index (χ1) is 7.94. The van der Waals surface area contributed by atoms with Crippen molar-refractivity contribution in [2.45, 2.75) is 27.7 Å². The molecule has 2 nitrogen and oxygen atoms in total. The predicted molar refractivity (Wildman–Crippen MR) is 75.3 cm³/mol. The van der Waals surface area contributed by atoms with Crippen LogP contribution in [0.15, 0.2) is 36.1 Å². The quantitative estimate of drug-likeness (QED) is 0.699. The molecule has 1 atom stereocenters. The van der Waals surface area contributed by atoms with Crippen LogP contribution in [-0.2, 0) is 0 Å². The zero-order valence-electron chi connectivity index (χ0n) is 11.3. The molecule has 0 aromatic rings. The Kier molecular flexibility index (Phi) is 4.73. The van der Waals surface area contributed by atoms with Gasteiger partial charge >= 0.3 is 0 Å². The second-order valence-corrected chi connectivity index (χ2v) is 5.59. The van der Waals surface area contributed by atoms with E-state index in [9.17, 15) is 0 Å². The van der Waals surface area contributed by atoms with Gasteiger partial charge in [-0.25, -0.2) is 0 Å². The molecule has 0 bridgehead atoms. The van der Waals surface area contributed by atoms with E-state index in [4.69, 9.17) is 5.41 Å². The summed E-state index contributed by atoms with van der Waals surface area (Å²) in [4.78, 5) is 0.